The van der Waals surface area contributed by atoms with Gasteiger partial charge in [-0.05, 0) is 13.8 Å². The Labute approximate surface area is 90.8 Å². The number of hydrogen-bond acceptors (Lipinski definition) is 5. The second kappa shape index (κ2) is 2.69. The summed E-state index contributed by atoms with van der Waals surface area (Å²) < 4.78 is 0. The zero-order chi connectivity index (χ0) is 11.4. The first-order chi connectivity index (χ1) is 6.82. The van der Waals surface area contributed by atoms with Crippen molar-refractivity contribution in [3.05, 3.63) is 12.0 Å². The molecule has 0 saturated carbocycles. The first-order valence-corrected chi connectivity index (χ1v) is 5.43. The molecule has 2 aliphatic rings. The Kier molecular flexibility index (Phi) is 1.86. The van der Waals surface area contributed by atoms with Crippen LogP contribution in [0, 0.1) is 0 Å². The van der Waals surface area contributed by atoms with Crippen molar-refractivity contribution >= 4 is 23.5 Å². The predicted octanol–water partition coefficient (Wildman–Crippen LogP) is 0.577. The molecule has 0 amide bonds. The van der Waals surface area contributed by atoms with Gasteiger partial charge in [0, 0.05) is 12.0 Å². The highest BCUT2D eigenvalue weighted by Crippen LogP contribution is 2.49. The summed E-state index contributed by atoms with van der Waals surface area (Å²) in [6.45, 7) is 3.18. The lowest BCUT2D eigenvalue weighted by molar-refractivity contribution is -0.148. The molecule has 0 spiro atoms. The molecule has 2 aliphatic heterocycles. The molecule has 2 rings (SSSR count). The van der Waals surface area contributed by atoms with Crippen LogP contribution in [0.15, 0.2) is 12.0 Å². The second-order valence-corrected chi connectivity index (χ2v) is 5.44. The molecule has 82 valence electrons. The molecule has 5 nitrogen and oxygen atoms in total. The molecule has 1 fully saturated rings. The van der Waals surface area contributed by atoms with E-state index in [0.717, 1.165) is 0 Å². The quantitative estimate of drug-likeness (QED) is 0.684. The van der Waals surface area contributed by atoms with E-state index in [9.17, 15) is 14.7 Å². The van der Waals surface area contributed by atoms with Crippen LogP contribution in [0.2, 0.25) is 0 Å². The van der Waals surface area contributed by atoms with E-state index in [1.807, 2.05) is 0 Å². The summed E-state index contributed by atoms with van der Waals surface area (Å²) >= 11 is 1.25. The minimum absolute atomic E-state index is 0.328. The summed E-state index contributed by atoms with van der Waals surface area (Å²) in [6.07, 6.45) is 1.23. The fraction of sp³-hybridized carbons (Fsp3) is 0.556. The molecule has 0 bridgehead atoms. The van der Waals surface area contributed by atoms with E-state index in [4.69, 9.17) is 5.11 Å². The SMILES string of the molecule is C[C@@]1(C(=O)O)CS[C@@]2(C)C(=O)C(O)=CN12. The number of thioether (sulfide) groups is 1. The number of carbonyl (C=O) groups excluding carboxylic acids is 1. The Morgan fingerprint density at radius 1 is 1.60 bits per heavy atom. The molecule has 0 aromatic heterocycles. The molecule has 2 N–H and O–H groups in total. The van der Waals surface area contributed by atoms with Gasteiger partial charge < -0.3 is 15.1 Å². The number of Topliss-reactive ketones (excluding diaryl/α,β-unsaturated/α-hetero) is 1. The van der Waals surface area contributed by atoms with Crippen molar-refractivity contribution in [2.24, 2.45) is 0 Å². The van der Waals surface area contributed by atoms with E-state index < -0.39 is 22.2 Å². The van der Waals surface area contributed by atoms with E-state index >= 15 is 0 Å². The number of ketones is 1. The zero-order valence-corrected chi connectivity index (χ0v) is 9.17. The average Bonchev–Trinajstić information content (AvgIpc) is 2.54. The number of carbonyl (C=O) groups is 2. The molecule has 2 atom stereocenters. The number of aliphatic hydroxyl groups is 1. The largest absolute Gasteiger partial charge is 0.503 e. The summed E-state index contributed by atoms with van der Waals surface area (Å²) in [5.41, 5.74) is -1.13. The third kappa shape index (κ3) is 1.05. The minimum atomic E-state index is -1.13. The number of carboxylic acid groups (broad SMARTS) is 1. The van der Waals surface area contributed by atoms with Crippen LogP contribution in [0.25, 0.3) is 0 Å². The Morgan fingerprint density at radius 2 is 2.20 bits per heavy atom. The van der Waals surface area contributed by atoms with Crippen molar-refractivity contribution in [3.8, 4) is 0 Å². The molecule has 1 saturated heterocycles. The molecular weight excluding hydrogens is 218 g/mol. The normalized spacial score (nSPS) is 39.2. The van der Waals surface area contributed by atoms with E-state index in [1.165, 1.54) is 22.9 Å². The van der Waals surface area contributed by atoms with Crippen LogP contribution >= 0.6 is 11.8 Å². The van der Waals surface area contributed by atoms with Gasteiger partial charge in [0.2, 0.25) is 5.78 Å². The monoisotopic (exact) mass is 229 g/mol. The highest BCUT2D eigenvalue weighted by atomic mass is 32.2. The van der Waals surface area contributed by atoms with Crippen LogP contribution in [0.3, 0.4) is 0 Å². The lowest BCUT2D eigenvalue weighted by atomic mass is 10.0. The third-order valence-electron chi connectivity index (χ3n) is 2.99. The Balaban J connectivity index is 2.48. The van der Waals surface area contributed by atoms with Gasteiger partial charge in [-0.15, -0.1) is 11.8 Å². The smallest absolute Gasteiger partial charge is 0.330 e. The zero-order valence-electron chi connectivity index (χ0n) is 8.35. The average molecular weight is 229 g/mol. The molecule has 0 aromatic rings. The molecule has 0 aliphatic carbocycles. The van der Waals surface area contributed by atoms with Gasteiger partial charge in [-0.3, -0.25) is 4.79 Å². The van der Waals surface area contributed by atoms with E-state index in [0.29, 0.717) is 5.75 Å². The first kappa shape index (κ1) is 10.4. The highest BCUT2D eigenvalue weighted by Gasteiger charge is 2.61. The van der Waals surface area contributed by atoms with Gasteiger partial charge >= 0.3 is 5.97 Å². The van der Waals surface area contributed by atoms with E-state index in [-0.39, 0.29) is 5.76 Å². The molecule has 6 heteroatoms. The van der Waals surface area contributed by atoms with Crippen molar-refractivity contribution in [3.63, 3.8) is 0 Å². The molecule has 0 radical (unpaired) electrons. The maximum absolute atomic E-state index is 11.6. The van der Waals surface area contributed by atoms with Crippen LogP contribution in [0.1, 0.15) is 13.8 Å². The van der Waals surface area contributed by atoms with Gasteiger partial charge in [-0.2, -0.15) is 0 Å². The van der Waals surface area contributed by atoms with Crippen molar-refractivity contribution in [2.45, 2.75) is 24.3 Å². The number of fused-ring (bicyclic) bond motifs is 1. The minimum Gasteiger partial charge on any atom is -0.503 e. The molecule has 2 heterocycles. The highest BCUT2D eigenvalue weighted by molar-refractivity contribution is 8.01. The Bertz CT molecular complexity index is 394. The van der Waals surface area contributed by atoms with E-state index in [2.05, 4.69) is 0 Å². The molecule has 0 unspecified atom stereocenters. The standard InChI is InChI=1S/C9H11NO4S/c1-8(7(13)14)4-15-9(2)6(12)5(11)3-10(8)9/h3,11H,4H2,1-2H3,(H,13,14)/t8-,9-/m0/s1. The second-order valence-electron chi connectivity index (χ2n) is 4.06. The van der Waals surface area contributed by atoms with Crippen molar-refractivity contribution in [2.75, 3.05) is 5.75 Å². The van der Waals surface area contributed by atoms with Gasteiger partial charge in [0.05, 0.1) is 0 Å². The van der Waals surface area contributed by atoms with Crippen LogP contribution in [0.5, 0.6) is 0 Å². The molecule has 15 heavy (non-hydrogen) atoms. The predicted molar refractivity (Wildman–Crippen MR) is 54.5 cm³/mol. The number of carboxylic acids is 1. The van der Waals surface area contributed by atoms with E-state index in [1.54, 1.807) is 13.8 Å². The van der Waals surface area contributed by atoms with Crippen LogP contribution < -0.4 is 0 Å². The van der Waals surface area contributed by atoms with Crippen molar-refractivity contribution in [1.82, 2.24) is 4.90 Å². The molecular formula is C9H11NO4S. The maximum Gasteiger partial charge on any atom is 0.330 e. The topological polar surface area (TPSA) is 77.8 Å². The number of rotatable bonds is 1. The third-order valence-corrected chi connectivity index (χ3v) is 4.64. The fourth-order valence-electron chi connectivity index (χ4n) is 1.91. The summed E-state index contributed by atoms with van der Waals surface area (Å²) in [7, 11) is 0. The van der Waals surface area contributed by atoms with Gasteiger partial charge in [-0.1, -0.05) is 0 Å². The number of aliphatic carboxylic acids is 1. The van der Waals surface area contributed by atoms with Crippen molar-refractivity contribution in [1.29, 1.82) is 0 Å². The van der Waals surface area contributed by atoms with Crippen LogP contribution in [-0.2, 0) is 9.59 Å². The first-order valence-electron chi connectivity index (χ1n) is 4.45. The maximum atomic E-state index is 11.6. The lowest BCUT2D eigenvalue weighted by Crippen LogP contribution is -2.53. The summed E-state index contributed by atoms with van der Waals surface area (Å²) in [5, 5.41) is 18.5. The molecule has 0 aromatic carbocycles. The van der Waals surface area contributed by atoms with Crippen molar-refractivity contribution < 1.29 is 19.8 Å². The Hall–Kier alpha value is -1.17. The van der Waals surface area contributed by atoms with Crippen LogP contribution in [-0.4, -0.2) is 43.0 Å². The Morgan fingerprint density at radius 3 is 2.73 bits per heavy atom. The fourth-order valence-corrected chi connectivity index (χ4v) is 3.37. The summed E-state index contributed by atoms with van der Waals surface area (Å²) in [4.78, 5) is 23.3. The number of hydrogen-bond donors (Lipinski definition) is 2. The lowest BCUT2D eigenvalue weighted by Gasteiger charge is -2.33. The van der Waals surface area contributed by atoms with Crippen LogP contribution in [0.4, 0.5) is 0 Å². The summed E-state index contributed by atoms with van der Waals surface area (Å²) in [6, 6.07) is 0. The summed E-state index contributed by atoms with van der Waals surface area (Å²) in [5.74, 6) is -1.44. The van der Waals surface area contributed by atoms with Gasteiger partial charge in [0.1, 0.15) is 5.54 Å². The number of aliphatic hydroxyl groups excluding tert-OH is 1. The van der Waals surface area contributed by atoms with Gasteiger partial charge in [-0.25, -0.2) is 4.79 Å². The number of nitrogens with zero attached hydrogens (tertiary/aromatic N) is 1. The van der Waals surface area contributed by atoms with Gasteiger partial charge in [0.15, 0.2) is 10.6 Å². The van der Waals surface area contributed by atoms with Gasteiger partial charge in [0.25, 0.3) is 0 Å².